The average Bonchev–Trinajstić information content (AvgIpc) is 2.82. The molecule has 1 atom stereocenters. The minimum atomic E-state index is -1.16. The van der Waals surface area contributed by atoms with Crippen LogP contribution in [0.4, 0.5) is 9.18 Å². The van der Waals surface area contributed by atoms with Crippen LogP contribution in [0, 0.1) is 12.7 Å². The van der Waals surface area contributed by atoms with Crippen LogP contribution < -0.4 is 4.74 Å². The van der Waals surface area contributed by atoms with Crippen LogP contribution in [0.3, 0.4) is 0 Å². The van der Waals surface area contributed by atoms with Gasteiger partial charge in [-0.05, 0) is 53.8 Å². The number of aryl methyl sites for hydroxylation is 1. The molecule has 0 aliphatic carbocycles. The molecule has 1 aliphatic heterocycles. The lowest BCUT2D eigenvalue weighted by Gasteiger charge is -2.36. The Hall–Kier alpha value is -3.91. The number of hydrogen-bond donors (Lipinski definition) is 1. The summed E-state index contributed by atoms with van der Waals surface area (Å²) in [6.07, 6.45) is -0.292. The van der Waals surface area contributed by atoms with E-state index in [0.717, 1.165) is 22.3 Å². The molecule has 0 aromatic heterocycles. The minimum Gasteiger partial charge on any atom is -0.482 e. The summed E-state index contributed by atoms with van der Waals surface area (Å²) in [5.74, 6) is -1.49. The fourth-order valence-electron chi connectivity index (χ4n) is 4.09. The Kier molecular flexibility index (Phi) is 7.08. The van der Waals surface area contributed by atoms with Crippen molar-refractivity contribution in [1.29, 1.82) is 0 Å². The van der Waals surface area contributed by atoms with Crippen LogP contribution >= 0.6 is 0 Å². The lowest BCUT2D eigenvalue weighted by atomic mass is 9.86. The fraction of sp³-hybridized carbons (Fsp3) is 0.231. The topological polar surface area (TPSA) is 85.3 Å². The van der Waals surface area contributed by atoms with E-state index in [-0.39, 0.29) is 12.4 Å². The Morgan fingerprint density at radius 3 is 2.62 bits per heavy atom. The van der Waals surface area contributed by atoms with Crippen LogP contribution in [-0.4, -0.2) is 35.4 Å². The third-order valence-electron chi connectivity index (χ3n) is 5.62. The Bertz CT molecular complexity index is 1180. The average molecular weight is 465 g/mol. The van der Waals surface area contributed by atoms with Gasteiger partial charge in [-0.25, -0.2) is 14.0 Å². The number of nitrogens with zero attached hydrogens (tertiary/aromatic N) is 1. The molecule has 1 aliphatic rings. The second-order valence-electron chi connectivity index (χ2n) is 7.92. The van der Waals surface area contributed by atoms with E-state index < -0.39 is 30.6 Å². The number of hydrogen-bond acceptors (Lipinski definition) is 6. The summed E-state index contributed by atoms with van der Waals surface area (Å²) in [4.78, 5) is 29.2. The van der Waals surface area contributed by atoms with Crippen LogP contribution in [0.1, 0.15) is 33.9 Å². The molecule has 1 N–H and O–H groups in total. The van der Waals surface area contributed by atoms with Gasteiger partial charge in [0.25, 0.3) is 0 Å². The summed E-state index contributed by atoms with van der Waals surface area (Å²) < 4.78 is 25.1. The maximum absolute atomic E-state index is 14.3. The molecule has 3 aromatic carbocycles. The molecular weight excluding hydrogens is 441 g/mol. The Balaban J connectivity index is 1.65. The van der Waals surface area contributed by atoms with Crippen LogP contribution in [-0.2, 0) is 27.4 Å². The van der Waals surface area contributed by atoms with E-state index in [1.807, 2.05) is 55.5 Å². The number of carbonyl (C=O) groups excluding carboxylic acids is 1. The molecule has 0 saturated carbocycles. The molecule has 0 spiro atoms. The molecule has 3 aromatic rings. The molecule has 1 unspecified atom stereocenters. The van der Waals surface area contributed by atoms with Gasteiger partial charge in [-0.2, -0.15) is 0 Å². The molecule has 34 heavy (non-hydrogen) atoms. The van der Waals surface area contributed by atoms with Crippen molar-refractivity contribution in [2.45, 2.75) is 26.0 Å². The van der Waals surface area contributed by atoms with Gasteiger partial charge in [-0.15, -0.1) is 5.06 Å². The number of carbonyl (C=O) groups is 2. The molecule has 1 heterocycles. The van der Waals surface area contributed by atoms with Gasteiger partial charge in [0, 0.05) is 12.1 Å². The number of benzene rings is 3. The largest absolute Gasteiger partial charge is 0.528 e. The van der Waals surface area contributed by atoms with Crippen LogP contribution in [0.2, 0.25) is 0 Å². The SMILES string of the molecule is Cc1cccc2c1CCN(OC(=O)OCc1ccccc1)C2c1cc(F)ccc1OCC(=O)O. The molecule has 4 rings (SSSR count). The molecule has 0 radical (unpaired) electrons. The summed E-state index contributed by atoms with van der Waals surface area (Å²) in [5.41, 5.74) is 4.08. The number of carboxylic acids is 1. The van der Waals surface area contributed by atoms with Crippen LogP contribution in [0.25, 0.3) is 0 Å². The lowest BCUT2D eigenvalue weighted by Crippen LogP contribution is -2.38. The predicted molar refractivity (Wildman–Crippen MR) is 121 cm³/mol. The molecule has 0 fully saturated rings. The van der Waals surface area contributed by atoms with Crippen LogP contribution in [0.15, 0.2) is 66.7 Å². The Morgan fingerprint density at radius 2 is 1.85 bits per heavy atom. The Morgan fingerprint density at radius 1 is 1.06 bits per heavy atom. The van der Waals surface area contributed by atoms with E-state index >= 15 is 0 Å². The van der Waals surface area contributed by atoms with E-state index in [9.17, 15) is 14.0 Å². The highest BCUT2D eigenvalue weighted by Gasteiger charge is 2.35. The standard InChI is InChI=1S/C26H24FNO6/c1-17-6-5-9-21-20(17)12-13-28(34-26(31)33-15-18-7-3-2-4-8-18)25(21)22-14-19(27)10-11-23(22)32-16-24(29)30/h2-11,14,25H,12-13,15-16H2,1H3,(H,29,30). The van der Waals surface area contributed by atoms with Crippen molar-refractivity contribution < 1.29 is 33.4 Å². The van der Waals surface area contributed by atoms with E-state index in [1.54, 1.807) is 0 Å². The van der Waals surface area contributed by atoms with Gasteiger partial charge in [0.2, 0.25) is 0 Å². The molecule has 8 heteroatoms. The quantitative estimate of drug-likeness (QED) is 0.501. The fourth-order valence-corrected chi connectivity index (χ4v) is 4.09. The summed E-state index contributed by atoms with van der Waals surface area (Å²) in [6, 6.07) is 18.1. The van der Waals surface area contributed by atoms with E-state index in [1.165, 1.54) is 23.3 Å². The van der Waals surface area contributed by atoms with Crippen molar-refractivity contribution in [3.63, 3.8) is 0 Å². The lowest BCUT2D eigenvalue weighted by molar-refractivity contribution is -0.152. The first-order chi connectivity index (χ1) is 16.4. The van der Waals surface area contributed by atoms with Gasteiger partial charge in [0.1, 0.15) is 24.2 Å². The van der Waals surface area contributed by atoms with Gasteiger partial charge in [-0.1, -0.05) is 48.5 Å². The highest BCUT2D eigenvalue weighted by Crippen LogP contribution is 2.40. The van der Waals surface area contributed by atoms with Gasteiger partial charge in [0.15, 0.2) is 6.61 Å². The van der Waals surface area contributed by atoms with Gasteiger partial charge < -0.3 is 19.4 Å². The number of carboxylic acid groups (broad SMARTS) is 1. The van der Waals surface area contributed by atoms with Crippen molar-refractivity contribution in [3.8, 4) is 5.75 Å². The first kappa shape index (κ1) is 23.3. The van der Waals surface area contributed by atoms with E-state index in [2.05, 4.69) is 0 Å². The third-order valence-corrected chi connectivity index (χ3v) is 5.62. The van der Waals surface area contributed by atoms with E-state index in [0.29, 0.717) is 18.5 Å². The number of aliphatic carboxylic acids is 1. The first-order valence-corrected chi connectivity index (χ1v) is 10.8. The second kappa shape index (κ2) is 10.4. The summed E-state index contributed by atoms with van der Waals surface area (Å²) in [6.45, 7) is 1.76. The highest BCUT2D eigenvalue weighted by molar-refractivity contribution is 5.68. The normalized spacial score (nSPS) is 15.3. The molecule has 0 amide bonds. The molecule has 176 valence electrons. The smallest absolute Gasteiger partial charge is 0.482 e. The molecular formula is C26H24FNO6. The van der Waals surface area contributed by atoms with Gasteiger partial charge in [0.05, 0.1) is 0 Å². The van der Waals surface area contributed by atoms with Crippen molar-refractivity contribution in [2.75, 3.05) is 13.2 Å². The van der Waals surface area contributed by atoms with Crippen molar-refractivity contribution in [2.24, 2.45) is 0 Å². The molecule has 0 saturated heterocycles. The predicted octanol–water partition coefficient (Wildman–Crippen LogP) is 4.81. The zero-order chi connectivity index (χ0) is 24.1. The van der Waals surface area contributed by atoms with E-state index in [4.69, 9.17) is 19.4 Å². The number of hydroxylamine groups is 2. The zero-order valence-corrected chi connectivity index (χ0v) is 18.6. The van der Waals surface area contributed by atoms with Gasteiger partial charge in [-0.3, -0.25) is 0 Å². The number of halogens is 1. The number of fused-ring (bicyclic) bond motifs is 1. The van der Waals surface area contributed by atoms with Gasteiger partial charge >= 0.3 is 12.1 Å². The highest BCUT2D eigenvalue weighted by atomic mass is 19.1. The third kappa shape index (κ3) is 5.35. The maximum atomic E-state index is 14.3. The maximum Gasteiger partial charge on any atom is 0.528 e. The van der Waals surface area contributed by atoms with Crippen molar-refractivity contribution in [1.82, 2.24) is 5.06 Å². The summed E-state index contributed by atoms with van der Waals surface area (Å²) >= 11 is 0. The van der Waals surface area contributed by atoms with Crippen LogP contribution in [0.5, 0.6) is 5.75 Å². The summed E-state index contributed by atoms with van der Waals surface area (Å²) in [5, 5.41) is 10.5. The molecule has 0 bridgehead atoms. The monoisotopic (exact) mass is 465 g/mol. The number of rotatable bonds is 7. The van der Waals surface area contributed by atoms with Crippen molar-refractivity contribution >= 4 is 12.1 Å². The first-order valence-electron chi connectivity index (χ1n) is 10.8. The zero-order valence-electron chi connectivity index (χ0n) is 18.6. The Labute approximate surface area is 196 Å². The number of ether oxygens (including phenoxy) is 2. The molecule has 7 nitrogen and oxygen atoms in total. The second-order valence-corrected chi connectivity index (χ2v) is 7.92. The van der Waals surface area contributed by atoms with Crippen molar-refractivity contribution in [3.05, 3.63) is 100 Å². The summed E-state index contributed by atoms with van der Waals surface area (Å²) in [7, 11) is 0. The minimum absolute atomic E-state index is 0.0425.